The number of aromatic nitrogens is 5. The normalized spacial score (nSPS) is 16.7. The molecule has 0 spiro atoms. The predicted octanol–water partition coefficient (Wildman–Crippen LogP) is 6.58. The Kier molecular flexibility index (Phi) is 10.9. The van der Waals surface area contributed by atoms with E-state index in [9.17, 15) is 42.0 Å². The van der Waals surface area contributed by atoms with Crippen LogP contribution in [0, 0.1) is 23.0 Å². The Morgan fingerprint density at radius 3 is 2.41 bits per heavy atom. The number of carbonyl (C=O) groups excluding carboxylic acids is 3. The summed E-state index contributed by atoms with van der Waals surface area (Å²) in [7, 11) is 1.72. The molecule has 21 heteroatoms. The zero-order chi connectivity index (χ0) is 45.8. The second-order valence-electron chi connectivity index (χ2n) is 15.5. The fourth-order valence-electron chi connectivity index (χ4n) is 8.00. The van der Waals surface area contributed by atoms with E-state index in [2.05, 4.69) is 36.2 Å². The van der Waals surface area contributed by atoms with Crippen molar-refractivity contribution in [2.45, 2.75) is 50.4 Å². The first-order valence-electron chi connectivity index (χ1n) is 19.5. The van der Waals surface area contributed by atoms with Crippen molar-refractivity contribution < 1.29 is 36.3 Å². The van der Waals surface area contributed by atoms with Crippen molar-refractivity contribution in [1.82, 2.24) is 30.3 Å². The highest BCUT2D eigenvalue weighted by Crippen LogP contribution is 2.46. The van der Waals surface area contributed by atoms with Gasteiger partial charge in [0.2, 0.25) is 5.91 Å². The maximum absolute atomic E-state index is 15.5. The summed E-state index contributed by atoms with van der Waals surface area (Å²) >= 11 is 5.52. The summed E-state index contributed by atoms with van der Waals surface area (Å²) in [6.45, 7) is 2.92. The molecule has 8 rings (SSSR count). The molecule has 0 radical (unpaired) electrons. The molecule has 2 aliphatic rings. The number of H-pyrrole nitrogens is 1. The van der Waals surface area contributed by atoms with Gasteiger partial charge in [-0.3, -0.25) is 28.8 Å². The zero-order valence-electron chi connectivity index (χ0n) is 33.8. The van der Waals surface area contributed by atoms with Crippen LogP contribution in [0.15, 0.2) is 83.9 Å². The Bertz CT molecular complexity index is 3020. The molecule has 2 aromatic heterocycles. The molecule has 0 saturated carbocycles. The third-order valence-electron chi connectivity index (χ3n) is 11.1. The van der Waals surface area contributed by atoms with E-state index in [4.69, 9.17) is 12.2 Å². The van der Waals surface area contributed by atoms with Gasteiger partial charge >= 0.3 is 6.18 Å². The number of nitrogens with one attached hydrogen (secondary N) is 4. The van der Waals surface area contributed by atoms with Crippen LogP contribution in [0.3, 0.4) is 0 Å². The molecule has 1 saturated heterocycles. The first-order chi connectivity index (χ1) is 30.4. The van der Waals surface area contributed by atoms with Gasteiger partial charge in [-0.25, -0.2) is 18.9 Å². The molecule has 0 aliphatic carbocycles. The summed E-state index contributed by atoms with van der Waals surface area (Å²) in [5.41, 5.74) is -2.36. The first kappa shape index (κ1) is 43.1. The number of benzene rings is 4. The van der Waals surface area contributed by atoms with Crippen LogP contribution in [-0.2, 0) is 22.8 Å². The molecule has 0 bridgehead atoms. The molecule has 1 fully saturated rings. The lowest BCUT2D eigenvalue weighted by molar-refractivity contribution is -0.137. The molecular weight excluding hydrogens is 862 g/mol. The topological polar surface area (TPSA) is 194 Å². The molecule has 4 heterocycles. The zero-order valence-corrected chi connectivity index (χ0v) is 34.7. The molecule has 6 aromatic rings. The Labute approximate surface area is 364 Å². The van der Waals surface area contributed by atoms with Gasteiger partial charge in [-0.1, -0.05) is 12.1 Å². The highest BCUT2D eigenvalue weighted by molar-refractivity contribution is 7.81. The molecule has 4 aromatic carbocycles. The number of aryl methyl sites for hydroxylation is 1. The van der Waals surface area contributed by atoms with Gasteiger partial charge in [0.1, 0.15) is 29.3 Å². The highest BCUT2D eigenvalue weighted by atomic mass is 32.1. The lowest BCUT2D eigenvalue weighted by Crippen LogP contribution is -2.44. The summed E-state index contributed by atoms with van der Waals surface area (Å²) in [6, 6.07) is 16.6. The number of hydrogen-bond acceptors (Lipinski definition) is 10. The molecule has 0 unspecified atom stereocenters. The number of nitrogens with zero attached hydrogens (tertiary/aromatic N) is 7. The number of hydrogen-bond donors (Lipinski definition) is 4. The molecular formula is C43H34F5N11O4S. The molecule has 2 aliphatic heterocycles. The minimum absolute atomic E-state index is 0.00614. The van der Waals surface area contributed by atoms with E-state index < -0.39 is 63.8 Å². The lowest BCUT2D eigenvalue weighted by atomic mass is 9.83. The summed E-state index contributed by atoms with van der Waals surface area (Å²) in [6.07, 6.45) is -3.31. The van der Waals surface area contributed by atoms with Gasteiger partial charge in [-0.15, -0.1) is 0 Å². The van der Waals surface area contributed by atoms with Crippen molar-refractivity contribution in [2.75, 3.05) is 27.0 Å². The SMILES string of the molecule is Cn1ncnc1[C@H]1c2n[nH]c(=O)c3cc(F)cc(c23)N[C@@H]1c1ccc(NC(=O)CCCNC(=O)c2ccc(N3C(=S)N(c4ccc(C#N)c(C(F)(F)F)c4)C(=O)C3(C)C)cc2F)cc1. The van der Waals surface area contributed by atoms with Crippen molar-refractivity contribution in [2.24, 2.45) is 7.05 Å². The van der Waals surface area contributed by atoms with Crippen molar-refractivity contribution in [3.05, 3.63) is 135 Å². The van der Waals surface area contributed by atoms with Gasteiger partial charge in [0, 0.05) is 42.5 Å². The van der Waals surface area contributed by atoms with Gasteiger partial charge in [0.15, 0.2) is 5.11 Å². The number of carbonyl (C=O) groups is 3. The van der Waals surface area contributed by atoms with Crippen LogP contribution < -0.4 is 31.3 Å². The summed E-state index contributed by atoms with van der Waals surface area (Å²) in [4.78, 5) is 58.6. The largest absolute Gasteiger partial charge is 0.417 e. The quantitative estimate of drug-likeness (QED) is 0.0659. The smallest absolute Gasteiger partial charge is 0.376 e. The first-order valence-corrected chi connectivity index (χ1v) is 19.9. The van der Waals surface area contributed by atoms with Crippen LogP contribution in [0.25, 0.3) is 10.8 Å². The van der Waals surface area contributed by atoms with E-state index in [0.717, 1.165) is 34.7 Å². The number of anilines is 4. The van der Waals surface area contributed by atoms with Crippen molar-refractivity contribution >= 4 is 68.6 Å². The average Bonchev–Trinajstić information content (AvgIpc) is 3.75. The number of nitriles is 1. The van der Waals surface area contributed by atoms with Gasteiger partial charge in [0.05, 0.1) is 51.5 Å². The van der Waals surface area contributed by atoms with Crippen LogP contribution in [0.2, 0.25) is 0 Å². The number of rotatable bonds is 10. The van der Waals surface area contributed by atoms with E-state index in [-0.39, 0.29) is 52.7 Å². The lowest BCUT2D eigenvalue weighted by Gasteiger charge is -2.33. The van der Waals surface area contributed by atoms with Gasteiger partial charge in [0.25, 0.3) is 17.4 Å². The van der Waals surface area contributed by atoms with Crippen molar-refractivity contribution in [1.29, 1.82) is 5.26 Å². The minimum atomic E-state index is -4.89. The Morgan fingerprint density at radius 1 is 1.00 bits per heavy atom. The molecule has 15 nitrogen and oxygen atoms in total. The standard InChI is InChI=1S/C43H34F5N11O4S/c1-42(2)40(63)58(25-11-8-22(19-49)29(17-25)43(46,47)48)41(64)59(42)26-12-13-27(30(45)18-26)38(61)50-14-4-5-32(60)53-24-9-6-21(7-10-24)35-34(37-51-20-52-57(37)3)36-33-28(39(62)56-55-36)15-23(44)16-31(33)54-35/h6-13,15-18,20,34-35,54H,4-5,14H2,1-3H3,(H,50,61)(H,53,60)(H,56,62)/t34-,35-/m1/s1. The van der Waals surface area contributed by atoms with E-state index >= 15 is 4.39 Å². The van der Waals surface area contributed by atoms with Crippen LogP contribution in [0.4, 0.5) is 44.7 Å². The van der Waals surface area contributed by atoms with Gasteiger partial charge in [-0.2, -0.15) is 28.6 Å². The maximum Gasteiger partial charge on any atom is 0.417 e. The number of halogens is 5. The summed E-state index contributed by atoms with van der Waals surface area (Å²) in [5, 5.41) is 29.3. The molecule has 326 valence electrons. The second kappa shape index (κ2) is 16.3. The summed E-state index contributed by atoms with van der Waals surface area (Å²) < 4.78 is 72.9. The third-order valence-corrected chi connectivity index (χ3v) is 11.4. The van der Waals surface area contributed by atoms with E-state index in [1.807, 2.05) is 0 Å². The Morgan fingerprint density at radius 2 is 1.73 bits per heavy atom. The van der Waals surface area contributed by atoms with Gasteiger partial charge < -0.3 is 20.9 Å². The fourth-order valence-corrected chi connectivity index (χ4v) is 8.52. The van der Waals surface area contributed by atoms with E-state index in [1.165, 1.54) is 49.3 Å². The van der Waals surface area contributed by atoms with E-state index in [1.54, 1.807) is 36.0 Å². The Balaban J connectivity index is 0.885. The number of alkyl halides is 3. The average molecular weight is 896 g/mol. The van der Waals surface area contributed by atoms with Crippen molar-refractivity contribution in [3.8, 4) is 6.07 Å². The van der Waals surface area contributed by atoms with E-state index in [0.29, 0.717) is 34.3 Å². The van der Waals surface area contributed by atoms with Crippen LogP contribution in [-0.4, -0.2) is 59.9 Å². The number of thiocarbonyl (C=S) groups is 1. The second-order valence-corrected chi connectivity index (χ2v) is 15.9. The molecule has 64 heavy (non-hydrogen) atoms. The highest BCUT2D eigenvalue weighted by Gasteiger charge is 2.51. The molecule has 3 amide bonds. The fraction of sp³-hybridized carbons (Fsp3) is 0.233. The van der Waals surface area contributed by atoms with Crippen LogP contribution in [0.5, 0.6) is 0 Å². The molecule has 2 atom stereocenters. The third kappa shape index (κ3) is 7.65. The maximum atomic E-state index is 15.5. The number of aromatic amines is 1. The predicted molar refractivity (Wildman–Crippen MR) is 227 cm³/mol. The number of amides is 3. The molecule has 4 N–H and O–H groups in total. The van der Waals surface area contributed by atoms with Gasteiger partial charge in [-0.05, 0) is 98.7 Å². The van der Waals surface area contributed by atoms with Crippen molar-refractivity contribution in [3.63, 3.8) is 0 Å². The minimum Gasteiger partial charge on any atom is -0.376 e. The van der Waals surface area contributed by atoms with Crippen LogP contribution >= 0.6 is 12.2 Å². The summed E-state index contributed by atoms with van der Waals surface area (Å²) in [5.74, 6) is -3.43. The Hall–Kier alpha value is -7.60. The van der Waals surface area contributed by atoms with Crippen LogP contribution in [0.1, 0.15) is 77.2 Å². The monoisotopic (exact) mass is 895 g/mol.